The SMILES string of the molecule is NC(CCCCO)CCS(=O)(=O)O. The second-order valence-corrected chi connectivity index (χ2v) is 4.63. The molecule has 0 aromatic rings. The van der Waals surface area contributed by atoms with E-state index >= 15 is 0 Å². The van der Waals surface area contributed by atoms with Crippen LogP contribution in [0, 0.1) is 0 Å². The molecule has 0 aliphatic heterocycles. The molecule has 0 aromatic carbocycles. The van der Waals surface area contributed by atoms with Gasteiger partial charge in [0.25, 0.3) is 10.1 Å². The smallest absolute Gasteiger partial charge is 0.264 e. The van der Waals surface area contributed by atoms with Crippen LogP contribution in [-0.2, 0) is 10.1 Å². The molecule has 80 valence electrons. The highest BCUT2D eigenvalue weighted by molar-refractivity contribution is 7.85. The molecule has 0 rings (SSSR count). The fourth-order valence-corrected chi connectivity index (χ4v) is 1.56. The summed E-state index contributed by atoms with van der Waals surface area (Å²) in [6, 6.07) is -0.214. The third-order valence-corrected chi connectivity index (χ3v) is 2.48. The summed E-state index contributed by atoms with van der Waals surface area (Å²) in [5, 5.41) is 8.46. The minimum absolute atomic E-state index is 0.130. The van der Waals surface area contributed by atoms with Gasteiger partial charge in [0.15, 0.2) is 0 Å². The van der Waals surface area contributed by atoms with E-state index in [1.807, 2.05) is 0 Å². The molecule has 4 N–H and O–H groups in total. The number of aliphatic hydroxyl groups excluding tert-OH is 1. The van der Waals surface area contributed by atoms with Crippen LogP contribution in [0.2, 0.25) is 0 Å². The fraction of sp³-hybridized carbons (Fsp3) is 1.00. The lowest BCUT2D eigenvalue weighted by atomic mass is 10.1. The predicted molar refractivity (Wildman–Crippen MR) is 49.9 cm³/mol. The van der Waals surface area contributed by atoms with Crippen LogP contribution in [0.3, 0.4) is 0 Å². The molecule has 0 bridgehead atoms. The molecule has 1 atom stereocenters. The first-order valence-corrected chi connectivity index (χ1v) is 5.88. The van der Waals surface area contributed by atoms with E-state index in [1.165, 1.54) is 0 Å². The third-order valence-electron chi connectivity index (χ3n) is 1.73. The molecule has 1 unspecified atom stereocenters. The number of nitrogens with two attached hydrogens (primary N) is 1. The molecule has 0 aliphatic rings. The van der Waals surface area contributed by atoms with Gasteiger partial charge in [-0.3, -0.25) is 4.55 Å². The Morgan fingerprint density at radius 3 is 2.31 bits per heavy atom. The van der Waals surface area contributed by atoms with Crippen LogP contribution in [0.15, 0.2) is 0 Å². The Hall–Kier alpha value is -0.170. The van der Waals surface area contributed by atoms with E-state index in [0.717, 1.165) is 6.42 Å². The Labute approximate surface area is 78.7 Å². The number of aliphatic hydroxyl groups is 1. The van der Waals surface area contributed by atoms with E-state index in [4.69, 9.17) is 15.4 Å². The maximum Gasteiger partial charge on any atom is 0.264 e. The molecule has 0 saturated heterocycles. The van der Waals surface area contributed by atoms with Crippen molar-refractivity contribution in [2.75, 3.05) is 12.4 Å². The van der Waals surface area contributed by atoms with Crippen molar-refractivity contribution in [3.8, 4) is 0 Å². The molecule has 0 aromatic heterocycles. The van der Waals surface area contributed by atoms with Crippen molar-refractivity contribution in [3.05, 3.63) is 0 Å². The van der Waals surface area contributed by atoms with E-state index < -0.39 is 10.1 Å². The van der Waals surface area contributed by atoms with Crippen molar-refractivity contribution in [1.29, 1.82) is 0 Å². The third kappa shape index (κ3) is 9.75. The fourth-order valence-electron chi connectivity index (χ4n) is 0.963. The van der Waals surface area contributed by atoms with Crippen molar-refractivity contribution in [1.82, 2.24) is 0 Å². The second-order valence-electron chi connectivity index (χ2n) is 3.05. The van der Waals surface area contributed by atoms with Crippen LogP contribution in [0.5, 0.6) is 0 Å². The van der Waals surface area contributed by atoms with E-state index in [-0.39, 0.29) is 24.8 Å². The molecule has 0 spiro atoms. The van der Waals surface area contributed by atoms with Gasteiger partial charge in [0, 0.05) is 12.6 Å². The Morgan fingerprint density at radius 2 is 1.85 bits per heavy atom. The van der Waals surface area contributed by atoms with Crippen molar-refractivity contribution in [2.24, 2.45) is 5.73 Å². The average Bonchev–Trinajstić information content (AvgIpc) is 2.00. The predicted octanol–water partition coefficient (Wildman–Crippen LogP) is -0.246. The molecular formula is C7H17NO4S. The quantitative estimate of drug-likeness (QED) is 0.398. The summed E-state index contributed by atoms with van der Waals surface area (Å²) < 4.78 is 29.1. The van der Waals surface area contributed by atoms with Crippen LogP contribution < -0.4 is 5.73 Å². The van der Waals surface area contributed by atoms with Crippen molar-refractivity contribution < 1.29 is 18.1 Å². The summed E-state index contributed by atoms with van der Waals surface area (Å²) >= 11 is 0. The van der Waals surface area contributed by atoms with Gasteiger partial charge in [-0.1, -0.05) is 0 Å². The molecule has 0 saturated carbocycles. The van der Waals surface area contributed by atoms with Gasteiger partial charge in [0.1, 0.15) is 0 Å². The Bertz CT molecular complexity index is 215. The zero-order chi connectivity index (χ0) is 10.3. The average molecular weight is 211 g/mol. The lowest BCUT2D eigenvalue weighted by Gasteiger charge is -2.08. The molecule has 6 heteroatoms. The summed E-state index contributed by atoms with van der Waals surface area (Å²) in [6.45, 7) is 0.130. The zero-order valence-electron chi connectivity index (χ0n) is 7.52. The van der Waals surface area contributed by atoms with Gasteiger partial charge in [-0.25, -0.2) is 0 Å². The largest absolute Gasteiger partial charge is 0.396 e. The molecular weight excluding hydrogens is 194 g/mol. The molecule has 13 heavy (non-hydrogen) atoms. The van der Waals surface area contributed by atoms with Crippen molar-refractivity contribution in [2.45, 2.75) is 31.7 Å². The van der Waals surface area contributed by atoms with E-state index in [0.29, 0.717) is 12.8 Å². The Kier molecular flexibility index (Phi) is 6.23. The van der Waals surface area contributed by atoms with Crippen LogP contribution in [-0.4, -0.2) is 36.5 Å². The van der Waals surface area contributed by atoms with E-state index in [9.17, 15) is 8.42 Å². The number of hydrogen-bond acceptors (Lipinski definition) is 4. The minimum Gasteiger partial charge on any atom is -0.396 e. The Balaban J connectivity index is 3.46. The maximum absolute atomic E-state index is 10.3. The van der Waals surface area contributed by atoms with Gasteiger partial charge in [-0.05, 0) is 25.7 Å². The van der Waals surface area contributed by atoms with Gasteiger partial charge in [-0.15, -0.1) is 0 Å². The first kappa shape index (κ1) is 12.8. The van der Waals surface area contributed by atoms with Crippen LogP contribution >= 0.6 is 0 Å². The number of rotatable bonds is 7. The molecule has 0 aliphatic carbocycles. The summed E-state index contributed by atoms with van der Waals surface area (Å²) in [4.78, 5) is 0. The summed E-state index contributed by atoms with van der Waals surface area (Å²) in [6.07, 6.45) is 2.41. The zero-order valence-corrected chi connectivity index (χ0v) is 8.33. The Morgan fingerprint density at radius 1 is 1.23 bits per heavy atom. The summed E-state index contributed by atoms with van der Waals surface area (Å²) in [5.41, 5.74) is 5.56. The van der Waals surface area contributed by atoms with Gasteiger partial charge in [0.05, 0.1) is 5.75 Å². The lowest BCUT2D eigenvalue weighted by Crippen LogP contribution is -2.23. The lowest BCUT2D eigenvalue weighted by molar-refractivity contribution is 0.281. The monoisotopic (exact) mass is 211 g/mol. The van der Waals surface area contributed by atoms with Gasteiger partial charge in [0.2, 0.25) is 0 Å². The minimum atomic E-state index is -3.88. The van der Waals surface area contributed by atoms with Crippen LogP contribution in [0.4, 0.5) is 0 Å². The molecule has 0 amide bonds. The van der Waals surface area contributed by atoms with Gasteiger partial charge < -0.3 is 10.8 Å². The van der Waals surface area contributed by atoms with Crippen LogP contribution in [0.25, 0.3) is 0 Å². The normalized spacial score (nSPS) is 14.4. The molecule has 0 fully saturated rings. The topological polar surface area (TPSA) is 101 Å². The highest BCUT2D eigenvalue weighted by atomic mass is 32.2. The van der Waals surface area contributed by atoms with Crippen molar-refractivity contribution >= 4 is 10.1 Å². The molecule has 0 radical (unpaired) electrons. The highest BCUT2D eigenvalue weighted by Gasteiger charge is 2.08. The first-order valence-electron chi connectivity index (χ1n) is 4.27. The number of unbranched alkanes of at least 4 members (excludes halogenated alkanes) is 1. The van der Waals surface area contributed by atoms with Gasteiger partial charge in [-0.2, -0.15) is 8.42 Å². The summed E-state index contributed by atoms with van der Waals surface area (Å²) in [7, 11) is -3.88. The number of hydrogen-bond donors (Lipinski definition) is 3. The second kappa shape index (κ2) is 6.31. The standard InChI is InChI=1S/C7H17NO4S/c8-7(3-1-2-5-9)4-6-13(10,11)12/h7,9H,1-6,8H2,(H,10,11,12). The maximum atomic E-state index is 10.3. The van der Waals surface area contributed by atoms with E-state index in [2.05, 4.69) is 0 Å². The molecule has 0 heterocycles. The van der Waals surface area contributed by atoms with Crippen molar-refractivity contribution in [3.63, 3.8) is 0 Å². The highest BCUT2D eigenvalue weighted by Crippen LogP contribution is 2.03. The van der Waals surface area contributed by atoms with Gasteiger partial charge >= 0.3 is 0 Å². The summed E-state index contributed by atoms with van der Waals surface area (Å²) in [5.74, 6) is -0.284. The van der Waals surface area contributed by atoms with Crippen LogP contribution in [0.1, 0.15) is 25.7 Å². The van der Waals surface area contributed by atoms with E-state index in [1.54, 1.807) is 0 Å². The first-order chi connectivity index (χ1) is 5.95. The molecule has 5 nitrogen and oxygen atoms in total.